The van der Waals surface area contributed by atoms with Gasteiger partial charge in [0.1, 0.15) is 12.4 Å². The summed E-state index contributed by atoms with van der Waals surface area (Å²) in [5.41, 5.74) is 5.58. The molecule has 1 saturated heterocycles. The molecule has 4 aromatic rings. The molecule has 0 atom stereocenters. The number of amides is 3. The van der Waals surface area contributed by atoms with Gasteiger partial charge in [-0.2, -0.15) is 0 Å². The van der Waals surface area contributed by atoms with E-state index in [1.165, 1.54) is 12.0 Å². The van der Waals surface area contributed by atoms with Crippen molar-refractivity contribution >= 4 is 34.6 Å². The Hall–Kier alpha value is -4.46. The number of ether oxygens (including phenoxy) is 1. The maximum Gasteiger partial charge on any atom is 0.340 e. The van der Waals surface area contributed by atoms with Gasteiger partial charge in [0.25, 0.3) is 0 Å². The first kappa shape index (κ1) is 24.2. The Morgan fingerprint density at radius 1 is 1.03 bits per heavy atom. The van der Waals surface area contributed by atoms with E-state index in [9.17, 15) is 14.4 Å². The van der Waals surface area contributed by atoms with Crippen LogP contribution in [-0.4, -0.2) is 41.1 Å². The number of carbonyl (C=O) groups excluding carboxylic acids is 3. The normalized spacial score (nSPS) is 13.3. The molecule has 1 aliphatic rings. The van der Waals surface area contributed by atoms with Crippen LogP contribution in [0.1, 0.15) is 41.5 Å². The molecule has 5 rings (SSSR count). The Balaban J connectivity index is 1.50. The second-order valence-electron chi connectivity index (χ2n) is 9.04. The molecule has 188 valence electrons. The Morgan fingerprint density at radius 2 is 1.81 bits per heavy atom. The van der Waals surface area contributed by atoms with Crippen molar-refractivity contribution in [2.45, 2.75) is 32.7 Å². The minimum absolute atomic E-state index is 0.00466. The maximum absolute atomic E-state index is 12.5. The summed E-state index contributed by atoms with van der Waals surface area (Å²) in [5, 5.41) is 2.34. The van der Waals surface area contributed by atoms with Gasteiger partial charge in [-0.1, -0.05) is 61.9 Å². The standard InChI is InChI=1S/C29H28N4O4/c1-3-4-12-25-30-23-10-7-9-22(28(35)37-2)27(23)33(25)17-19-13-15-20(16-14-19)21-8-5-6-11-24(21)32-18-26(34)31-29(32)36/h5-11,13-16H,3-4,12,17-18H2,1-2H3,(H,31,34,36). The minimum Gasteiger partial charge on any atom is -0.465 e. The molecule has 0 saturated carbocycles. The molecule has 8 nitrogen and oxygen atoms in total. The molecule has 0 spiro atoms. The number of nitrogens with zero attached hydrogens (tertiary/aromatic N) is 3. The van der Waals surface area contributed by atoms with Gasteiger partial charge in [-0.3, -0.25) is 15.0 Å². The molecular weight excluding hydrogens is 468 g/mol. The van der Waals surface area contributed by atoms with Crippen molar-refractivity contribution in [2.24, 2.45) is 0 Å². The number of methoxy groups -OCH3 is 1. The number of aromatic nitrogens is 2. The number of esters is 1. The van der Waals surface area contributed by atoms with E-state index >= 15 is 0 Å². The number of imide groups is 1. The van der Waals surface area contributed by atoms with Gasteiger partial charge in [0.2, 0.25) is 5.91 Å². The van der Waals surface area contributed by atoms with Gasteiger partial charge in [-0.25, -0.2) is 14.6 Å². The van der Waals surface area contributed by atoms with Gasteiger partial charge in [0.15, 0.2) is 0 Å². The number of aryl methyl sites for hydroxylation is 1. The molecule has 1 N–H and O–H groups in total. The van der Waals surface area contributed by atoms with Crippen molar-refractivity contribution in [1.29, 1.82) is 0 Å². The molecule has 0 radical (unpaired) electrons. The second kappa shape index (κ2) is 10.3. The number of imidazole rings is 1. The molecule has 2 heterocycles. The average molecular weight is 497 g/mol. The van der Waals surface area contributed by atoms with Crippen molar-refractivity contribution < 1.29 is 19.1 Å². The van der Waals surface area contributed by atoms with Gasteiger partial charge < -0.3 is 9.30 Å². The quantitative estimate of drug-likeness (QED) is 0.276. The van der Waals surface area contributed by atoms with Crippen molar-refractivity contribution in [2.75, 3.05) is 18.6 Å². The van der Waals surface area contributed by atoms with Crippen LogP contribution in [0, 0.1) is 0 Å². The zero-order chi connectivity index (χ0) is 25.9. The summed E-state index contributed by atoms with van der Waals surface area (Å²) in [7, 11) is 1.39. The lowest BCUT2D eigenvalue weighted by molar-refractivity contribution is -0.117. The number of nitrogens with one attached hydrogen (secondary N) is 1. The fourth-order valence-electron chi connectivity index (χ4n) is 4.77. The molecule has 1 aromatic heterocycles. The lowest BCUT2D eigenvalue weighted by atomic mass is 10.0. The van der Waals surface area contributed by atoms with E-state index in [-0.39, 0.29) is 18.4 Å². The molecule has 1 aliphatic heterocycles. The second-order valence-corrected chi connectivity index (χ2v) is 9.04. The number of hydrogen-bond donors (Lipinski definition) is 1. The zero-order valence-electron chi connectivity index (χ0n) is 20.9. The third kappa shape index (κ3) is 4.70. The number of unbranched alkanes of at least 4 members (excludes halogenated alkanes) is 1. The van der Waals surface area contributed by atoms with Crippen molar-refractivity contribution in [3.63, 3.8) is 0 Å². The summed E-state index contributed by atoms with van der Waals surface area (Å²) >= 11 is 0. The highest BCUT2D eigenvalue weighted by atomic mass is 16.5. The van der Waals surface area contributed by atoms with Crippen molar-refractivity contribution in [3.05, 3.63) is 83.7 Å². The van der Waals surface area contributed by atoms with Crippen molar-refractivity contribution in [3.8, 4) is 11.1 Å². The molecule has 0 unspecified atom stereocenters. The highest BCUT2D eigenvalue weighted by Crippen LogP contribution is 2.32. The number of para-hydroxylation sites is 2. The molecule has 1 fully saturated rings. The Kier molecular flexibility index (Phi) is 6.72. The predicted octanol–water partition coefficient (Wildman–Crippen LogP) is 4.94. The lowest BCUT2D eigenvalue weighted by Gasteiger charge is -2.18. The number of fused-ring (bicyclic) bond motifs is 1. The molecule has 37 heavy (non-hydrogen) atoms. The predicted molar refractivity (Wildman–Crippen MR) is 142 cm³/mol. The number of urea groups is 1. The van der Waals surface area contributed by atoms with E-state index in [4.69, 9.17) is 9.72 Å². The number of carbonyl (C=O) groups is 3. The summed E-state index contributed by atoms with van der Waals surface area (Å²) in [5.74, 6) is 0.241. The van der Waals surface area contributed by atoms with Crippen LogP contribution in [0.5, 0.6) is 0 Å². The van der Waals surface area contributed by atoms with Crippen LogP contribution in [0.4, 0.5) is 10.5 Å². The monoisotopic (exact) mass is 496 g/mol. The van der Waals surface area contributed by atoms with Crippen LogP contribution in [0.3, 0.4) is 0 Å². The van der Waals surface area contributed by atoms with Crippen LogP contribution < -0.4 is 10.2 Å². The largest absolute Gasteiger partial charge is 0.465 e. The number of anilines is 1. The van der Waals surface area contributed by atoms with Gasteiger partial charge in [-0.15, -0.1) is 0 Å². The Morgan fingerprint density at radius 3 is 2.51 bits per heavy atom. The van der Waals surface area contributed by atoms with E-state index in [0.29, 0.717) is 17.8 Å². The Labute approximate surface area is 214 Å². The van der Waals surface area contributed by atoms with Crippen LogP contribution >= 0.6 is 0 Å². The number of hydrogen-bond acceptors (Lipinski definition) is 5. The zero-order valence-corrected chi connectivity index (χ0v) is 20.9. The highest BCUT2D eigenvalue weighted by Gasteiger charge is 2.29. The van der Waals surface area contributed by atoms with Gasteiger partial charge in [0, 0.05) is 18.5 Å². The number of benzene rings is 3. The molecule has 3 aromatic carbocycles. The van der Waals surface area contributed by atoms with E-state index < -0.39 is 6.03 Å². The maximum atomic E-state index is 12.5. The summed E-state index contributed by atoms with van der Waals surface area (Å²) in [6.07, 6.45) is 2.86. The summed E-state index contributed by atoms with van der Waals surface area (Å²) < 4.78 is 7.15. The first-order valence-corrected chi connectivity index (χ1v) is 12.4. The van der Waals surface area contributed by atoms with Crippen LogP contribution in [0.25, 0.3) is 22.2 Å². The van der Waals surface area contributed by atoms with Gasteiger partial charge in [-0.05, 0) is 35.7 Å². The van der Waals surface area contributed by atoms with E-state index in [1.807, 2.05) is 60.7 Å². The lowest BCUT2D eigenvalue weighted by Crippen LogP contribution is -2.28. The Bertz CT molecular complexity index is 1490. The van der Waals surface area contributed by atoms with Gasteiger partial charge >= 0.3 is 12.0 Å². The summed E-state index contributed by atoms with van der Waals surface area (Å²) in [6.45, 7) is 2.70. The van der Waals surface area contributed by atoms with Crippen LogP contribution in [-0.2, 0) is 22.5 Å². The molecule has 8 heteroatoms. The van der Waals surface area contributed by atoms with E-state index in [0.717, 1.165) is 52.8 Å². The number of rotatable bonds is 8. The van der Waals surface area contributed by atoms with Crippen molar-refractivity contribution in [1.82, 2.24) is 14.9 Å². The fourth-order valence-corrected chi connectivity index (χ4v) is 4.77. The van der Waals surface area contributed by atoms with Crippen LogP contribution in [0.15, 0.2) is 66.7 Å². The molecule has 3 amide bonds. The topological polar surface area (TPSA) is 93.5 Å². The third-order valence-electron chi connectivity index (χ3n) is 6.60. The molecule has 0 aliphatic carbocycles. The SMILES string of the molecule is CCCCc1nc2cccc(C(=O)OC)c2n1Cc1ccc(-c2ccccc2N2CC(=O)NC2=O)cc1. The molecule has 0 bridgehead atoms. The van der Waals surface area contributed by atoms with Gasteiger partial charge in [0.05, 0.1) is 29.4 Å². The highest BCUT2D eigenvalue weighted by molar-refractivity contribution is 6.13. The molecular formula is C29H28N4O4. The van der Waals surface area contributed by atoms with Crippen LogP contribution in [0.2, 0.25) is 0 Å². The summed E-state index contributed by atoms with van der Waals surface area (Å²) in [6, 6.07) is 20.8. The minimum atomic E-state index is -0.415. The average Bonchev–Trinajstić information content (AvgIpc) is 3.45. The first-order valence-electron chi connectivity index (χ1n) is 12.4. The van der Waals surface area contributed by atoms with E-state index in [2.05, 4.69) is 16.8 Å². The third-order valence-corrected chi connectivity index (χ3v) is 6.60. The summed E-state index contributed by atoms with van der Waals surface area (Å²) in [4.78, 5) is 42.8. The fraction of sp³-hybridized carbons (Fsp3) is 0.241. The first-order chi connectivity index (χ1) is 18.0. The van der Waals surface area contributed by atoms with E-state index in [1.54, 1.807) is 6.07 Å². The smallest absolute Gasteiger partial charge is 0.340 e.